The Labute approximate surface area is 127 Å². The average molecular weight is 300 g/mol. The highest BCUT2D eigenvalue weighted by Gasteiger charge is 2.17. The third-order valence-corrected chi connectivity index (χ3v) is 3.64. The molecule has 0 aliphatic rings. The van der Waals surface area contributed by atoms with Crippen molar-refractivity contribution in [2.45, 2.75) is 52.5 Å². The predicted molar refractivity (Wildman–Crippen MR) is 84.1 cm³/mol. The van der Waals surface area contributed by atoms with Crippen LogP contribution in [0.3, 0.4) is 0 Å². The molecule has 0 aromatic heterocycles. The Morgan fingerprint density at radius 2 is 1.75 bits per heavy atom. The van der Waals surface area contributed by atoms with Crippen LogP contribution in [0.5, 0.6) is 0 Å². The molecular formula is C16H26ClNO2. The molecule has 1 atom stereocenters. The maximum absolute atomic E-state index is 10.1. The number of hydrogen-bond acceptors (Lipinski definition) is 3. The fraction of sp³-hybridized carbons (Fsp3) is 0.625. The molecule has 0 saturated heterocycles. The number of benzene rings is 1. The molecule has 1 rings (SSSR count). The van der Waals surface area contributed by atoms with Gasteiger partial charge in [-0.05, 0) is 39.3 Å². The maximum atomic E-state index is 10.1. The molecule has 0 bridgehead atoms. The summed E-state index contributed by atoms with van der Waals surface area (Å²) in [7, 11) is 0. The molecule has 0 fully saturated rings. The van der Waals surface area contributed by atoms with Gasteiger partial charge >= 0.3 is 0 Å². The van der Waals surface area contributed by atoms with E-state index in [0.29, 0.717) is 36.9 Å². The Morgan fingerprint density at radius 3 is 2.30 bits per heavy atom. The summed E-state index contributed by atoms with van der Waals surface area (Å²) in [6.45, 7) is 9.92. The average Bonchev–Trinajstić information content (AvgIpc) is 2.37. The van der Waals surface area contributed by atoms with Gasteiger partial charge in [-0.1, -0.05) is 29.8 Å². The van der Waals surface area contributed by atoms with E-state index >= 15 is 0 Å². The van der Waals surface area contributed by atoms with Gasteiger partial charge < -0.3 is 9.84 Å². The van der Waals surface area contributed by atoms with E-state index in [0.717, 1.165) is 5.56 Å². The Balaban J connectivity index is 2.36. The van der Waals surface area contributed by atoms with Crippen molar-refractivity contribution in [1.29, 1.82) is 0 Å². The van der Waals surface area contributed by atoms with Crippen LogP contribution in [0, 0.1) is 0 Å². The van der Waals surface area contributed by atoms with Gasteiger partial charge in [-0.25, -0.2) is 0 Å². The fourth-order valence-corrected chi connectivity index (χ4v) is 2.42. The summed E-state index contributed by atoms with van der Waals surface area (Å²) >= 11 is 6.06. The van der Waals surface area contributed by atoms with E-state index in [-0.39, 0.29) is 0 Å². The molecule has 1 aromatic carbocycles. The maximum Gasteiger partial charge on any atom is 0.0900 e. The molecule has 0 aliphatic carbocycles. The first kappa shape index (κ1) is 17.4. The zero-order chi connectivity index (χ0) is 15.1. The number of rotatable bonds is 8. The highest BCUT2D eigenvalue weighted by molar-refractivity contribution is 6.31. The van der Waals surface area contributed by atoms with Gasteiger partial charge in [-0.3, -0.25) is 4.90 Å². The number of aliphatic hydroxyl groups excluding tert-OH is 1. The second-order valence-corrected chi connectivity index (χ2v) is 6.05. The zero-order valence-electron chi connectivity index (χ0n) is 12.8. The molecule has 114 valence electrons. The lowest BCUT2D eigenvalue weighted by atomic mass is 10.2. The number of nitrogens with zero attached hydrogens (tertiary/aromatic N) is 1. The molecule has 0 saturated carbocycles. The summed E-state index contributed by atoms with van der Waals surface area (Å²) in [6.07, 6.45) is -0.484. The monoisotopic (exact) mass is 299 g/mol. The first-order valence-electron chi connectivity index (χ1n) is 7.16. The largest absolute Gasteiger partial charge is 0.389 e. The Morgan fingerprint density at radius 1 is 1.15 bits per heavy atom. The van der Waals surface area contributed by atoms with Gasteiger partial charge in [-0.2, -0.15) is 0 Å². The van der Waals surface area contributed by atoms with Crippen LogP contribution in [0.2, 0.25) is 5.02 Å². The van der Waals surface area contributed by atoms with Crippen molar-refractivity contribution in [3.05, 3.63) is 34.9 Å². The number of aliphatic hydroxyl groups is 1. The lowest BCUT2D eigenvalue weighted by Gasteiger charge is -2.32. The Kier molecular flexibility index (Phi) is 7.52. The van der Waals surface area contributed by atoms with Gasteiger partial charge in [-0.15, -0.1) is 0 Å². The molecule has 1 aromatic rings. The van der Waals surface area contributed by atoms with Crippen LogP contribution in [-0.2, 0) is 11.3 Å². The SMILES string of the molecule is CC(C)N(C[C@@H](O)COCc1ccccc1Cl)C(C)C. The van der Waals surface area contributed by atoms with E-state index in [1.165, 1.54) is 0 Å². The smallest absolute Gasteiger partial charge is 0.0900 e. The van der Waals surface area contributed by atoms with Gasteiger partial charge in [0.05, 0.1) is 19.3 Å². The molecule has 0 aliphatic heterocycles. The molecule has 4 heteroatoms. The van der Waals surface area contributed by atoms with Gasteiger partial charge in [0.1, 0.15) is 0 Å². The quantitative estimate of drug-likeness (QED) is 0.799. The van der Waals surface area contributed by atoms with Gasteiger partial charge in [0.15, 0.2) is 0 Å². The van der Waals surface area contributed by atoms with Crippen molar-refractivity contribution in [1.82, 2.24) is 4.90 Å². The lowest BCUT2D eigenvalue weighted by molar-refractivity contribution is -0.00155. The summed E-state index contributed by atoms with van der Waals surface area (Å²) in [6, 6.07) is 8.42. The summed E-state index contributed by atoms with van der Waals surface area (Å²) in [4.78, 5) is 2.25. The summed E-state index contributed by atoms with van der Waals surface area (Å²) in [5, 5.41) is 10.8. The van der Waals surface area contributed by atoms with Crippen LogP contribution in [-0.4, -0.2) is 41.3 Å². The fourth-order valence-electron chi connectivity index (χ4n) is 2.23. The van der Waals surface area contributed by atoms with Crippen LogP contribution in [0.4, 0.5) is 0 Å². The van der Waals surface area contributed by atoms with Crippen molar-refractivity contribution in [3.63, 3.8) is 0 Å². The zero-order valence-corrected chi connectivity index (χ0v) is 13.6. The minimum absolute atomic E-state index is 0.321. The van der Waals surface area contributed by atoms with Crippen molar-refractivity contribution in [3.8, 4) is 0 Å². The second kappa shape index (κ2) is 8.63. The van der Waals surface area contributed by atoms with E-state index in [9.17, 15) is 5.11 Å². The van der Waals surface area contributed by atoms with Crippen LogP contribution in [0.25, 0.3) is 0 Å². The molecule has 0 spiro atoms. The van der Waals surface area contributed by atoms with Crippen LogP contribution >= 0.6 is 11.6 Å². The van der Waals surface area contributed by atoms with Crippen LogP contribution in [0.15, 0.2) is 24.3 Å². The third-order valence-electron chi connectivity index (χ3n) is 3.27. The molecule has 0 amide bonds. The highest BCUT2D eigenvalue weighted by Crippen LogP contribution is 2.15. The third kappa shape index (κ3) is 5.80. The molecule has 20 heavy (non-hydrogen) atoms. The predicted octanol–water partition coefficient (Wildman–Crippen LogP) is 3.34. The lowest BCUT2D eigenvalue weighted by Crippen LogP contribution is -2.43. The van der Waals surface area contributed by atoms with E-state index in [1.807, 2.05) is 24.3 Å². The van der Waals surface area contributed by atoms with E-state index < -0.39 is 6.10 Å². The molecular weight excluding hydrogens is 274 g/mol. The van der Waals surface area contributed by atoms with Crippen LogP contribution < -0.4 is 0 Å². The van der Waals surface area contributed by atoms with Crippen molar-refractivity contribution in [2.75, 3.05) is 13.2 Å². The molecule has 0 radical (unpaired) electrons. The number of ether oxygens (including phenoxy) is 1. The standard InChI is InChI=1S/C16H26ClNO2/c1-12(2)18(13(3)4)9-15(19)11-20-10-14-7-5-6-8-16(14)17/h5-8,12-13,15,19H,9-11H2,1-4H3/t15-/m1/s1. The van der Waals surface area contributed by atoms with E-state index in [1.54, 1.807) is 0 Å². The Bertz CT molecular complexity index is 388. The van der Waals surface area contributed by atoms with Gasteiger partial charge in [0, 0.05) is 23.7 Å². The van der Waals surface area contributed by atoms with Crippen molar-refractivity contribution < 1.29 is 9.84 Å². The normalized spacial score (nSPS) is 13.4. The summed E-state index contributed by atoms with van der Waals surface area (Å²) in [5.74, 6) is 0. The van der Waals surface area contributed by atoms with Crippen molar-refractivity contribution >= 4 is 11.6 Å². The second-order valence-electron chi connectivity index (χ2n) is 5.64. The molecule has 1 N–H and O–H groups in total. The first-order chi connectivity index (χ1) is 9.41. The van der Waals surface area contributed by atoms with E-state index in [4.69, 9.17) is 16.3 Å². The minimum Gasteiger partial charge on any atom is -0.389 e. The topological polar surface area (TPSA) is 32.7 Å². The molecule has 0 unspecified atom stereocenters. The first-order valence-corrected chi connectivity index (χ1v) is 7.54. The molecule has 0 heterocycles. The van der Waals surface area contributed by atoms with Gasteiger partial charge in [0.2, 0.25) is 0 Å². The Hall–Kier alpha value is -0.610. The highest BCUT2D eigenvalue weighted by atomic mass is 35.5. The minimum atomic E-state index is -0.484. The van der Waals surface area contributed by atoms with E-state index in [2.05, 4.69) is 32.6 Å². The molecule has 3 nitrogen and oxygen atoms in total. The number of halogens is 1. The summed E-state index contributed by atoms with van der Waals surface area (Å²) in [5.41, 5.74) is 0.950. The van der Waals surface area contributed by atoms with Crippen LogP contribution in [0.1, 0.15) is 33.3 Å². The van der Waals surface area contributed by atoms with Crippen molar-refractivity contribution in [2.24, 2.45) is 0 Å². The summed E-state index contributed by atoms with van der Waals surface area (Å²) < 4.78 is 5.56. The number of hydrogen-bond donors (Lipinski definition) is 1. The van der Waals surface area contributed by atoms with Gasteiger partial charge in [0.25, 0.3) is 0 Å².